The summed E-state index contributed by atoms with van der Waals surface area (Å²) in [4.78, 5) is 10.1. The summed E-state index contributed by atoms with van der Waals surface area (Å²) >= 11 is 0. The molecule has 3 heteroatoms. The maximum absolute atomic E-state index is 10.1. The molecule has 0 aromatic carbocycles. The highest BCUT2D eigenvalue weighted by atomic mass is 16.3. The zero-order valence-corrected chi connectivity index (χ0v) is 4.14. The van der Waals surface area contributed by atoms with E-state index in [0.717, 1.165) is 6.61 Å². The van der Waals surface area contributed by atoms with Crippen LogP contribution in [-0.2, 0) is 4.79 Å². The molecule has 0 fully saturated rings. The fraction of sp³-hybridized carbons (Fsp3) is 0.500. The van der Waals surface area contributed by atoms with E-state index in [2.05, 4.69) is 5.32 Å². The van der Waals surface area contributed by atoms with Gasteiger partial charge in [0.25, 0.3) is 0 Å². The van der Waals surface area contributed by atoms with Crippen LogP contribution in [0.3, 0.4) is 0 Å². The van der Waals surface area contributed by atoms with E-state index in [9.17, 15) is 4.79 Å². The summed E-state index contributed by atoms with van der Waals surface area (Å²) in [6.07, 6.45) is 0.0799. The zero-order valence-electron chi connectivity index (χ0n) is 4.14. The molecule has 1 amide bonds. The number of hydrogen-bond donors (Lipinski definition) is 2. The van der Waals surface area contributed by atoms with Crippen LogP contribution in [0, 0.1) is 6.61 Å². The molecule has 0 aliphatic carbocycles. The molecule has 2 N–H and O–H groups in total. The SMILES string of the molecule is CNC(=O)C[CH]O. The van der Waals surface area contributed by atoms with E-state index in [1.54, 1.807) is 0 Å². The second-order valence-corrected chi connectivity index (χ2v) is 1.06. The van der Waals surface area contributed by atoms with Crippen LogP contribution in [0.15, 0.2) is 0 Å². The average molecular weight is 102 g/mol. The smallest absolute Gasteiger partial charge is 0.222 e. The number of carbonyl (C=O) groups is 1. The highest BCUT2D eigenvalue weighted by Gasteiger charge is 1.91. The molecule has 0 aromatic rings. The van der Waals surface area contributed by atoms with Crippen LogP contribution in [0.1, 0.15) is 6.42 Å². The molecule has 0 heterocycles. The van der Waals surface area contributed by atoms with Crippen LogP contribution in [-0.4, -0.2) is 18.1 Å². The molecule has 41 valence electrons. The van der Waals surface area contributed by atoms with E-state index in [1.165, 1.54) is 7.05 Å². The second-order valence-electron chi connectivity index (χ2n) is 1.06. The lowest BCUT2D eigenvalue weighted by Gasteiger charge is -1.90. The topological polar surface area (TPSA) is 49.3 Å². The van der Waals surface area contributed by atoms with Crippen molar-refractivity contribution < 1.29 is 9.90 Å². The number of carbonyl (C=O) groups excluding carboxylic acids is 1. The predicted octanol–water partition coefficient (Wildman–Crippen LogP) is -0.343. The molecule has 0 unspecified atom stereocenters. The van der Waals surface area contributed by atoms with Crippen molar-refractivity contribution >= 4 is 5.91 Å². The standard InChI is InChI=1S/C4H8NO2/c1-5-4(7)2-3-6/h3,6H,2H2,1H3,(H,5,7). The minimum Gasteiger partial charge on any atom is -0.390 e. The van der Waals surface area contributed by atoms with Crippen molar-refractivity contribution in [1.82, 2.24) is 5.32 Å². The van der Waals surface area contributed by atoms with E-state index < -0.39 is 0 Å². The molecule has 0 aromatic heterocycles. The first-order chi connectivity index (χ1) is 3.31. The highest BCUT2D eigenvalue weighted by molar-refractivity contribution is 5.76. The van der Waals surface area contributed by atoms with E-state index >= 15 is 0 Å². The molecule has 0 saturated carbocycles. The van der Waals surface area contributed by atoms with Gasteiger partial charge in [0.2, 0.25) is 5.91 Å². The Kier molecular flexibility index (Phi) is 3.32. The van der Waals surface area contributed by atoms with Gasteiger partial charge < -0.3 is 10.4 Å². The Balaban J connectivity index is 3.00. The largest absolute Gasteiger partial charge is 0.390 e. The zero-order chi connectivity index (χ0) is 5.70. The molecular formula is C4H8NO2. The third-order valence-electron chi connectivity index (χ3n) is 0.556. The summed E-state index contributed by atoms with van der Waals surface area (Å²) in [5.41, 5.74) is 0. The Hall–Kier alpha value is -0.570. The Morgan fingerprint density at radius 1 is 2.00 bits per heavy atom. The molecule has 0 rings (SSSR count). The number of amides is 1. The van der Waals surface area contributed by atoms with Gasteiger partial charge in [-0.25, -0.2) is 0 Å². The van der Waals surface area contributed by atoms with Crippen LogP contribution < -0.4 is 5.32 Å². The molecule has 3 nitrogen and oxygen atoms in total. The third-order valence-corrected chi connectivity index (χ3v) is 0.556. The Morgan fingerprint density at radius 2 is 2.57 bits per heavy atom. The van der Waals surface area contributed by atoms with Crippen LogP contribution in [0.4, 0.5) is 0 Å². The lowest BCUT2D eigenvalue weighted by atomic mass is 10.4. The monoisotopic (exact) mass is 102 g/mol. The van der Waals surface area contributed by atoms with Crippen molar-refractivity contribution in [3.8, 4) is 0 Å². The summed E-state index contributed by atoms with van der Waals surface area (Å²) in [5, 5.41) is 10.3. The predicted molar refractivity (Wildman–Crippen MR) is 24.9 cm³/mol. The molecule has 0 aliphatic heterocycles. The molecule has 0 spiro atoms. The lowest BCUT2D eigenvalue weighted by molar-refractivity contribution is -0.120. The Bertz CT molecular complexity index is 62.7. The number of nitrogens with one attached hydrogen (secondary N) is 1. The maximum atomic E-state index is 10.1. The van der Waals surface area contributed by atoms with Crippen LogP contribution in [0.2, 0.25) is 0 Å². The fourth-order valence-corrected chi connectivity index (χ4v) is 0.185. The van der Waals surface area contributed by atoms with Gasteiger partial charge in [-0.15, -0.1) is 0 Å². The first-order valence-electron chi connectivity index (χ1n) is 1.97. The van der Waals surface area contributed by atoms with E-state index in [-0.39, 0.29) is 12.3 Å². The maximum Gasteiger partial charge on any atom is 0.222 e. The summed E-state index contributed by atoms with van der Waals surface area (Å²) in [5.74, 6) is -0.178. The number of rotatable bonds is 2. The summed E-state index contributed by atoms with van der Waals surface area (Å²) < 4.78 is 0. The van der Waals surface area contributed by atoms with E-state index in [1.807, 2.05) is 0 Å². The summed E-state index contributed by atoms with van der Waals surface area (Å²) in [6.45, 7) is 0.818. The van der Waals surface area contributed by atoms with Gasteiger partial charge in [-0.3, -0.25) is 4.79 Å². The van der Waals surface area contributed by atoms with Gasteiger partial charge in [0.05, 0.1) is 13.0 Å². The van der Waals surface area contributed by atoms with Gasteiger partial charge in [-0.05, 0) is 0 Å². The van der Waals surface area contributed by atoms with E-state index in [0.29, 0.717) is 0 Å². The van der Waals surface area contributed by atoms with Crippen molar-refractivity contribution in [3.05, 3.63) is 6.61 Å². The van der Waals surface area contributed by atoms with Crippen LogP contribution in [0.5, 0.6) is 0 Å². The Labute approximate surface area is 42.3 Å². The van der Waals surface area contributed by atoms with Gasteiger partial charge in [0.15, 0.2) is 0 Å². The van der Waals surface area contributed by atoms with Crippen molar-refractivity contribution in [3.63, 3.8) is 0 Å². The first-order valence-corrected chi connectivity index (χ1v) is 1.97. The Morgan fingerprint density at radius 3 is 2.71 bits per heavy atom. The summed E-state index contributed by atoms with van der Waals surface area (Å²) in [6, 6.07) is 0. The molecule has 1 radical (unpaired) electrons. The van der Waals surface area contributed by atoms with Crippen molar-refractivity contribution in [2.45, 2.75) is 6.42 Å². The van der Waals surface area contributed by atoms with E-state index in [4.69, 9.17) is 5.11 Å². The van der Waals surface area contributed by atoms with Gasteiger partial charge in [0.1, 0.15) is 0 Å². The number of aliphatic hydroxyl groups is 1. The van der Waals surface area contributed by atoms with Crippen molar-refractivity contribution in [2.24, 2.45) is 0 Å². The van der Waals surface area contributed by atoms with Crippen molar-refractivity contribution in [1.29, 1.82) is 0 Å². The summed E-state index contributed by atoms with van der Waals surface area (Å²) in [7, 11) is 1.52. The molecule has 0 saturated heterocycles. The van der Waals surface area contributed by atoms with Crippen LogP contribution >= 0.6 is 0 Å². The van der Waals surface area contributed by atoms with Gasteiger partial charge in [0, 0.05) is 7.05 Å². The lowest BCUT2D eigenvalue weighted by Crippen LogP contribution is -2.16. The normalized spacial score (nSPS) is 8.29. The fourth-order valence-electron chi connectivity index (χ4n) is 0.185. The van der Waals surface area contributed by atoms with Crippen molar-refractivity contribution in [2.75, 3.05) is 7.05 Å². The van der Waals surface area contributed by atoms with Gasteiger partial charge >= 0.3 is 0 Å². The molecule has 0 atom stereocenters. The van der Waals surface area contributed by atoms with Gasteiger partial charge in [-0.1, -0.05) is 0 Å². The molecule has 7 heavy (non-hydrogen) atoms. The quantitative estimate of drug-likeness (QED) is 0.501. The molecule has 0 aliphatic rings. The number of aliphatic hydroxyl groups excluding tert-OH is 1. The molecule has 0 bridgehead atoms. The van der Waals surface area contributed by atoms with Gasteiger partial charge in [-0.2, -0.15) is 0 Å². The minimum atomic E-state index is -0.178. The third kappa shape index (κ3) is 3.26. The molecular weight excluding hydrogens is 94.0 g/mol. The average Bonchev–Trinajstić information content (AvgIpc) is 1.68. The number of hydrogen-bond acceptors (Lipinski definition) is 2. The van der Waals surface area contributed by atoms with Crippen LogP contribution in [0.25, 0.3) is 0 Å². The second kappa shape index (κ2) is 3.61. The first kappa shape index (κ1) is 6.43. The minimum absolute atomic E-state index is 0.0799. The highest BCUT2D eigenvalue weighted by Crippen LogP contribution is 1.77.